The number of aromatic nitrogens is 2. The van der Waals surface area contributed by atoms with Crippen molar-refractivity contribution in [3.63, 3.8) is 0 Å². The number of imidazole rings is 1. The van der Waals surface area contributed by atoms with Crippen LogP contribution in [0.2, 0.25) is 0 Å². The fourth-order valence-corrected chi connectivity index (χ4v) is 3.95. The first kappa shape index (κ1) is 11.3. The summed E-state index contributed by atoms with van der Waals surface area (Å²) in [5.41, 5.74) is 6.38. The largest absolute Gasteiger partial charge is 0.296 e. The van der Waals surface area contributed by atoms with E-state index in [1.165, 1.54) is 38.6 Å². The molecule has 21 heavy (non-hydrogen) atoms. The third-order valence-corrected chi connectivity index (χ3v) is 4.99. The quantitative estimate of drug-likeness (QED) is 0.427. The third-order valence-electron chi connectivity index (χ3n) is 4.99. The van der Waals surface area contributed by atoms with Crippen molar-refractivity contribution in [2.24, 2.45) is 0 Å². The summed E-state index contributed by atoms with van der Waals surface area (Å²) in [7, 11) is 0. The van der Waals surface area contributed by atoms with Crippen molar-refractivity contribution in [3.8, 4) is 0 Å². The Hall–Kier alpha value is -2.35. The molecule has 4 aromatic rings. The van der Waals surface area contributed by atoms with Crippen LogP contribution in [0, 0.1) is 6.92 Å². The summed E-state index contributed by atoms with van der Waals surface area (Å²) in [4.78, 5) is 4.97. The van der Waals surface area contributed by atoms with Crippen molar-refractivity contribution >= 4 is 27.3 Å². The second-order valence-electron chi connectivity index (χ2n) is 6.20. The molecule has 0 saturated heterocycles. The lowest BCUT2D eigenvalue weighted by atomic mass is 9.90. The van der Waals surface area contributed by atoms with Crippen molar-refractivity contribution in [2.75, 3.05) is 0 Å². The number of nitrogens with zero attached hydrogens (tertiary/aromatic N) is 2. The van der Waals surface area contributed by atoms with Crippen molar-refractivity contribution in [1.29, 1.82) is 0 Å². The maximum absolute atomic E-state index is 4.97. The summed E-state index contributed by atoms with van der Waals surface area (Å²) in [6.07, 6.45) is 1.03. The molecule has 102 valence electrons. The molecule has 0 saturated carbocycles. The van der Waals surface area contributed by atoms with Gasteiger partial charge in [-0.05, 0) is 36.3 Å². The number of rotatable bonds is 0. The van der Waals surface area contributed by atoms with Crippen molar-refractivity contribution in [1.82, 2.24) is 9.38 Å². The van der Waals surface area contributed by atoms with Gasteiger partial charge in [0, 0.05) is 16.5 Å². The van der Waals surface area contributed by atoms with Crippen LogP contribution in [0.5, 0.6) is 0 Å². The second-order valence-corrected chi connectivity index (χ2v) is 6.20. The van der Waals surface area contributed by atoms with Gasteiger partial charge in [-0.1, -0.05) is 43.3 Å². The van der Waals surface area contributed by atoms with Gasteiger partial charge < -0.3 is 0 Å². The van der Waals surface area contributed by atoms with Gasteiger partial charge in [-0.3, -0.25) is 4.40 Å². The van der Waals surface area contributed by atoms with Crippen molar-refractivity contribution < 1.29 is 0 Å². The molecule has 2 bridgehead atoms. The average molecular weight is 272 g/mol. The Kier molecular flexibility index (Phi) is 1.96. The van der Waals surface area contributed by atoms with E-state index in [0.29, 0.717) is 5.92 Å². The van der Waals surface area contributed by atoms with E-state index in [-0.39, 0.29) is 0 Å². The Morgan fingerprint density at radius 2 is 1.86 bits per heavy atom. The molecule has 0 radical (unpaired) electrons. The number of benzene rings is 2. The highest BCUT2D eigenvalue weighted by Crippen LogP contribution is 2.39. The minimum Gasteiger partial charge on any atom is -0.296 e. The second kappa shape index (κ2) is 3.64. The molecule has 2 aromatic carbocycles. The predicted octanol–water partition coefficient (Wildman–Crippen LogP) is 4.61. The molecule has 0 aliphatic carbocycles. The van der Waals surface area contributed by atoms with Gasteiger partial charge in [0.15, 0.2) is 0 Å². The molecule has 2 nitrogen and oxygen atoms in total. The van der Waals surface area contributed by atoms with Crippen molar-refractivity contribution in [3.05, 3.63) is 59.4 Å². The first-order valence-corrected chi connectivity index (χ1v) is 7.57. The first-order chi connectivity index (χ1) is 10.3. The molecule has 2 aromatic heterocycles. The van der Waals surface area contributed by atoms with Crippen LogP contribution in [0.4, 0.5) is 0 Å². The molecule has 2 heteroatoms. The van der Waals surface area contributed by atoms with Crippen LogP contribution in [-0.2, 0) is 6.42 Å². The highest BCUT2D eigenvalue weighted by molar-refractivity contribution is 6.13. The van der Waals surface area contributed by atoms with Crippen LogP contribution in [0.3, 0.4) is 0 Å². The van der Waals surface area contributed by atoms with E-state index in [1.54, 1.807) is 0 Å². The summed E-state index contributed by atoms with van der Waals surface area (Å²) >= 11 is 0. The summed E-state index contributed by atoms with van der Waals surface area (Å²) < 4.78 is 2.35. The van der Waals surface area contributed by atoms with E-state index in [4.69, 9.17) is 4.98 Å². The molecule has 0 N–H and O–H groups in total. The standard InChI is InChI=1S/C19H16N2/c1-11-10-16-12(2)21-17-9-4-3-6-14(17)15-8-5-7-13(11)18(15)19(21)20-16/h3-9,11H,10H2,1-2H3. The third kappa shape index (κ3) is 1.26. The Morgan fingerprint density at radius 1 is 1.05 bits per heavy atom. The number of aryl methyl sites for hydroxylation is 1. The zero-order chi connectivity index (χ0) is 14.1. The van der Waals surface area contributed by atoms with Crippen LogP contribution in [-0.4, -0.2) is 9.38 Å². The smallest absolute Gasteiger partial charge is 0.145 e. The number of fused-ring (bicyclic) bond motifs is 4. The maximum atomic E-state index is 4.97. The Bertz CT molecular complexity index is 1040. The molecular weight excluding hydrogens is 256 g/mol. The lowest BCUT2D eigenvalue weighted by Gasteiger charge is -2.17. The minimum atomic E-state index is 0.526. The van der Waals surface area contributed by atoms with E-state index in [9.17, 15) is 0 Å². The van der Waals surface area contributed by atoms with Gasteiger partial charge in [0.05, 0.1) is 11.2 Å². The number of pyridine rings is 1. The molecule has 0 amide bonds. The Morgan fingerprint density at radius 3 is 2.76 bits per heavy atom. The molecule has 1 unspecified atom stereocenters. The van der Waals surface area contributed by atoms with E-state index in [0.717, 1.165) is 12.1 Å². The molecular formula is C19H16N2. The first-order valence-electron chi connectivity index (χ1n) is 7.57. The van der Waals surface area contributed by atoms with Crippen molar-refractivity contribution in [2.45, 2.75) is 26.2 Å². The van der Waals surface area contributed by atoms with Crippen LogP contribution in [0.25, 0.3) is 27.3 Å². The Labute approximate surface area is 123 Å². The van der Waals surface area contributed by atoms with E-state index < -0.39 is 0 Å². The normalized spacial score (nSPS) is 17.3. The number of para-hydroxylation sites is 1. The summed E-state index contributed by atoms with van der Waals surface area (Å²) in [5.74, 6) is 0.526. The summed E-state index contributed by atoms with van der Waals surface area (Å²) in [5, 5.41) is 4.00. The highest BCUT2D eigenvalue weighted by atomic mass is 15.0. The highest BCUT2D eigenvalue weighted by Gasteiger charge is 2.24. The lowest BCUT2D eigenvalue weighted by molar-refractivity contribution is 0.749. The zero-order valence-electron chi connectivity index (χ0n) is 12.2. The van der Waals surface area contributed by atoms with Gasteiger partial charge in [-0.2, -0.15) is 0 Å². The fourth-order valence-electron chi connectivity index (χ4n) is 3.95. The van der Waals surface area contributed by atoms with Gasteiger partial charge in [0.2, 0.25) is 0 Å². The fraction of sp³-hybridized carbons (Fsp3) is 0.211. The average Bonchev–Trinajstić information content (AvgIpc) is 2.75. The zero-order valence-corrected chi connectivity index (χ0v) is 12.2. The minimum absolute atomic E-state index is 0.526. The molecule has 1 aliphatic rings. The molecule has 0 spiro atoms. The van der Waals surface area contributed by atoms with Crippen LogP contribution >= 0.6 is 0 Å². The van der Waals surface area contributed by atoms with E-state index in [2.05, 4.69) is 60.7 Å². The molecule has 1 aliphatic heterocycles. The van der Waals surface area contributed by atoms with Gasteiger partial charge in [-0.15, -0.1) is 0 Å². The number of hydrogen-bond acceptors (Lipinski definition) is 1. The molecule has 1 atom stereocenters. The van der Waals surface area contributed by atoms with Gasteiger partial charge in [0.25, 0.3) is 0 Å². The van der Waals surface area contributed by atoms with Gasteiger partial charge in [-0.25, -0.2) is 4.98 Å². The Balaban J connectivity index is 2.24. The summed E-state index contributed by atoms with van der Waals surface area (Å²) in [6.45, 7) is 4.52. The monoisotopic (exact) mass is 272 g/mol. The van der Waals surface area contributed by atoms with E-state index >= 15 is 0 Å². The maximum Gasteiger partial charge on any atom is 0.145 e. The predicted molar refractivity (Wildman–Crippen MR) is 87.1 cm³/mol. The topological polar surface area (TPSA) is 17.3 Å². The van der Waals surface area contributed by atoms with Gasteiger partial charge in [0.1, 0.15) is 5.65 Å². The molecule has 3 heterocycles. The van der Waals surface area contributed by atoms with Crippen LogP contribution in [0.1, 0.15) is 29.8 Å². The van der Waals surface area contributed by atoms with E-state index in [1.807, 2.05) is 0 Å². The van der Waals surface area contributed by atoms with Crippen LogP contribution in [0.15, 0.2) is 42.5 Å². The molecule has 0 fully saturated rings. The van der Waals surface area contributed by atoms with Crippen LogP contribution < -0.4 is 0 Å². The molecule has 5 rings (SSSR count). The number of hydrogen-bond donors (Lipinski definition) is 0. The van der Waals surface area contributed by atoms with Gasteiger partial charge >= 0.3 is 0 Å². The SMILES string of the molecule is Cc1c2nc3c4c(cccc4c4ccccc4n13)C(C)C2. The summed E-state index contributed by atoms with van der Waals surface area (Å²) in [6, 6.07) is 15.4. The lowest BCUT2D eigenvalue weighted by Crippen LogP contribution is -2.04.